The predicted octanol–water partition coefficient (Wildman–Crippen LogP) is 2.43. The molecule has 0 bridgehead atoms. The van der Waals surface area contributed by atoms with Crippen LogP contribution in [0.25, 0.3) is 6.08 Å². The standard InChI is InChI=1S/C11H10BrNO2/c12-9-5-13-2-1-7-3-10-11(4-8(7)9)15-6-14-10/h1-4,9,13H,5-6H2. The van der Waals surface area contributed by atoms with Crippen molar-refractivity contribution in [2.45, 2.75) is 4.83 Å². The van der Waals surface area contributed by atoms with E-state index in [-0.39, 0.29) is 0 Å². The van der Waals surface area contributed by atoms with Crippen LogP contribution in [0.1, 0.15) is 16.0 Å². The van der Waals surface area contributed by atoms with Crippen molar-refractivity contribution in [3.05, 3.63) is 29.5 Å². The molecule has 0 fully saturated rings. The highest BCUT2D eigenvalue weighted by molar-refractivity contribution is 9.09. The second-order valence-corrected chi connectivity index (χ2v) is 4.65. The topological polar surface area (TPSA) is 30.5 Å². The lowest BCUT2D eigenvalue weighted by molar-refractivity contribution is 0.174. The molecule has 0 aromatic heterocycles. The van der Waals surface area contributed by atoms with Gasteiger partial charge in [-0.05, 0) is 35.5 Å². The minimum atomic E-state index is 0.303. The number of nitrogens with one attached hydrogen (secondary N) is 1. The number of benzene rings is 1. The Kier molecular flexibility index (Phi) is 2.09. The maximum Gasteiger partial charge on any atom is 0.231 e. The summed E-state index contributed by atoms with van der Waals surface area (Å²) in [5.74, 6) is 1.67. The van der Waals surface area contributed by atoms with Crippen LogP contribution in [0.2, 0.25) is 0 Å². The third-order valence-corrected chi connectivity index (χ3v) is 3.41. The van der Waals surface area contributed by atoms with E-state index in [1.54, 1.807) is 0 Å². The van der Waals surface area contributed by atoms with Gasteiger partial charge in [-0.15, -0.1) is 0 Å². The van der Waals surface area contributed by atoms with Gasteiger partial charge in [-0.1, -0.05) is 15.9 Å². The highest BCUT2D eigenvalue weighted by Gasteiger charge is 2.20. The van der Waals surface area contributed by atoms with Crippen molar-refractivity contribution < 1.29 is 9.47 Å². The minimum Gasteiger partial charge on any atom is -0.454 e. The van der Waals surface area contributed by atoms with Crippen LogP contribution in [0.3, 0.4) is 0 Å². The molecule has 0 radical (unpaired) electrons. The molecule has 0 saturated heterocycles. The van der Waals surface area contributed by atoms with Crippen LogP contribution in [0.5, 0.6) is 11.5 Å². The van der Waals surface area contributed by atoms with E-state index in [1.807, 2.05) is 12.3 Å². The normalized spacial score (nSPS) is 21.8. The van der Waals surface area contributed by atoms with Crippen molar-refractivity contribution in [2.75, 3.05) is 13.3 Å². The number of ether oxygens (including phenoxy) is 2. The maximum atomic E-state index is 5.37. The van der Waals surface area contributed by atoms with Crippen LogP contribution in [0, 0.1) is 0 Å². The molecule has 3 nitrogen and oxygen atoms in total. The highest BCUT2D eigenvalue weighted by atomic mass is 79.9. The summed E-state index contributed by atoms with van der Waals surface area (Å²) in [6.45, 7) is 1.20. The number of hydrogen-bond acceptors (Lipinski definition) is 3. The van der Waals surface area contributed by atoms with Crippen LogP contribution in [-0.2, 0) is 0 Å². The molecule has 2 aliphatic rings. The summed E-state index contributed by atoms with van der Waals surface area (Å²) in [7, 11) is 0. The SMILES string of the molecule is BrC1CNC=Cc2cc3c(cc21)OCO3. The van der Waals surface area contributed by atoms with Gasteiger partial charge in [0.05, 0.1) is 4.83 Å². The quantitative estimate of drug-likeness (QED) is 0.733. The summed E-state index contributed by atoms with van der Waals surface area (Å²) in [4.78, 5) is 0.303. The van der Waals surface area contributed by atoms with E-state index in [0.717, 1.165) is 18.0 Å². The summed E-state index contributed by atoms with van der Waals surface area (Å²) < 4.78 is 10.7. The third kappa shape index (κ3) is 1.49. The van der Waals surface area contributed by atoms with Gasteiger partial charge in [-0.2, -0.15) is 0 Å². The van der Waals surface area contributed by atoms with Crippen LogP contribution in [0.4, 0.5) is 0 Å². The molecule has 2 heterocycles. The highest BCUT2D eigenvalue weighted by Crippen LogP contribution is 2.39. The zero-order valence-electron chi connectivity index (χ0n) is 8.00. The Labute approximate surface area is 96.2 Å². The first-order valence-corrected chi connectivity index (χ1v) is 5.74. The fourth-order valence-electron chi connectivity index (χ4n) is 1.82. The average molecular weight is 268 g/mol. The molecular formula is C11H10BrNO2. The van der Waals surface area contributed by atoms with Gasteiger partial charge >= 0.3 is 0 Å². The Bertz CT molecular complexity index is 431. The number of halogens is 1. The first-order valence-electron chi connectivity index (χ1n) is 4.82. The van der Waals surface area contributed by atoms with E-state index in [0.29, 0.717) is 11.6 Å². The molecule has 0 amide bonds. The van der Waals surface area contributed by atoms with E-state index >= 15 is 0 Å². The third-order valence-electron chi connectivity index (χ3n) is 2.59. The predicted molar refractivity (Wildman–Crippen MR) is 61.3 cm³/mol. The molecular weight excluding hydrogens is 258 g/mol. The van der Waals surface area contributed by atoms with Gasteiger partial charge in [0.25, 0.3) is 0 Å². The Morgan fingerprint density at radius 2 is 2.07 bits per heavy atom. The van der Waals surface area contributed by atoms with Crippen molar-refractivity contribution in [2.24, 2.45) is 0 Å². The average Bonchev–Trinajstić information content (AvgIpc) is 2.62. The zero-order chi connectivity index (χ0) is 10.3. The number of fused-ring (bicyclic) bond motifs is 2. The molecule has 1 aromatic carbocycles. The van der Waals surface area contributed by atoms with Crippen molar-refractivity contribution in [3.63, 3.8) is 0 Å². The first-order chi connectivity index (χ1) is 7.34. The van der Waals surface area contributed by atoms with Gasteiger partial charge in [-0.25, -0.2) is 0 Å². The number of alkyl halides is 1. The first kappa shape index (κ1) is 9.09. The molecule has 4 heteroatoms. The van der Waals surface area contributed by atoms with Gasteiger partial charge in [0, 0.05) is 6.54 Å². The van der Waals surface area contributed by atoms with E-state index in [1.165, 1.54) is 11.1 Å². The van der Waals surface area contributed by atoms with Gasteiger partial charge in [0.2, 0.25) is 6.79 Å². The zero-order valence-corrected chi connectivity index (χ0v) is 9.58. The molecule has 1 unspecified atom stereocenters. The molecule has 0 spiro atoms. The van der Waals surface area contributed by atoms with Crippen molar-refractivity contribution >= 4 is 22.0 Å². The van der Waals surface area contributed by atoms with Crippen LogP contribution in [0.15, 0.2) is 18.3 Å². The fraction of sp³-hybridized carbons (Fsp3) is 0.273. The molecule has 0 saturated carbocycles. The Hall–Kier alpha value is -1.16. The van der Waals surface area contributed by atoms with Gasteiger partial charge in [-0.3, -0.25) is 0 Å². The largest absolute Gasteiger partial charge is 0.454 e. The summed E-state index contributed by atoms with van der Waals surface area (Å²) in [5.41, 5.74) is 2.41. The molecule has 2 aliphatic heterocycles. The Balaban J connectivity index is 2.15. The summed E-state index contributed by atoms with van der Waals surface area (Å²) in [6.07, 6.45) is 4.01. The van der Waals surface area contributed by atoms with Crippen molar-refractivity contribution in [1.82, 2.24) is 5.32 Å². The second kappa shape index (κ2) is 3.45. The number of rotatable bonds is 0. The summed E-state index contributed by atoms with van der Waals surface area (Å²) in [6, 6.07) is 4.07. The molecule has 1 N–H and O–H groups in total. The molecule has 78 valence electrons. The minimum absolute atomic E-state index is 0.303. The molecule has 3 rings (SSSR count). The van der Waals surface area contributed by atoms with E-state index in [9.17, 15) is 0 Å². The van der Waals surface area contributed by atoms with Crippen LogP contribution >= 0.6 is 15.9 Å². The van der Waals surface area contributed by atoms with Crippen molar-refractivity contribution in [3.8, 4) is 11.5 Å². The van der Waals surface area contributed by atoms with Crippen LogP contribution < -0.4 is 14.8 Å². The van der Waals surface area contributed by atoms with Gasteiger partial charge in [0.1, 0.15) is 0 Å². The second-order valence-electron chi connectivity index (χ2n) is 3.54. The summed E-state index contributed by atoms with van der Waals surface area (Å²) in [5, 5.41) is 3.21. The molecule has 15 heavy (non-hydrogen) atoms. The van der Waals surface area contributed by atoms with Gasteiger partial charge in [0.15, 0.2) is 11.5 Å². The molecule has 1 atom stereocenters. The van der Waals surface area contributed by atoms with Crippen LogP contribution in [-0.4, -0.2) is 13.3 Å². The lowest BCUT2D eigenvalue weighted by Crippen LogP contribution is -2.10. The van der Waals surface area contributed by atoms with E-state index in [2.05, 4.69) is 33.4 Å². The molecule has 0 aliphatic carbocycles. The van der Waals surface area contributed by atoms with E-state index in [4.69, 9.17) is 9.47 Å². The fourth-order valence-corrected chi connectivity index (χ4v) is 2.40. The summed E-state index contributed by atoms with van der Waals surface area (Å²) >= 11 is 3.65. The Morgan fingerprint density at radius 1 is 1.27 bits per heavy atom. The lowest BCUT2D eigenvalue weighted by Gasteiger charge is -2.11. The maximum absolute atomic E-state index is 5.37. The molecule has 1 aromatic rings. The smallest absolute Gasteiger partial charge is 0.231 e. The Morgan fingerprint density at radius 3 is 2.93 bits per heavy atom. The lowest BCUT2D eigenvalue weighted by atomic mass is 10.0. The van der Waals surface area contributed by atoms with Crippen molar-refractivity contribution in [1.29, 1.82) is 0 Å². The monoisotopic (exact) mass is 267 g/mol. The van der Waals surface area contributed by atoms with E-state index < -0.39 is 0 Å². The van der Waals surface area contributed by atoms with Gasteiger partial charge < -0.3 is 14.8 Å². The number of hydrogen-bond donors (Lipinski definition) is 1.